The second-order valence-electron chi connectivity index (χ2n) is 6.57. The molecule has 2 nitrogen and oxygen atoms in total. The Morgan fingerprint density at radius 2 is 1.46 bits per heavy atom. The van der Waals surface area contributed by atoms with Crippen molar-refractivity contribution in [2.75, 3.05) is 5.32 Å². The van der Waals surface area contributed by atoms with Crippen molar-refractivity contribution < 1.29 is 4.79 Å². The van der Waals surface area contributed by atoms with Gasteiger partial charge in [0.05, 0.1) is 16.6 Å². The van der Waals surface area contributed by atoms with Crippen molar-refractivity contribution in [1.82, 2.24) is 0 Å². The molecule has 0 spiro atoms. The topological polar surface area (TPSA) is 29.1 Å². The van der Waals surface area contributed by atoms with Crippen molar-refractivity contribution >= 4 is 34.8 Å². The first-order chi connectivity index (χ1) is 12.6. The van der Waals surface area contributed by atoms with Crippen LogP contribution < -0.4 is 5.32 Å². The molecule has 1 saturated carbocycles. The third-order valence-corrected chi connectivity index (χ3v) is 5.59. The molecule has 0 heterocycles. The summed E-state index contributed by atoms with van der Waals surface area (Å²) in [6, 6.07) is 25.5. The van der Waals surface area contributed by atoms with Crippen LogP contribution in [-0.2, 0) is 10.2 Å². The maximum Gasteiger partial charge on any atom is 0.228 e. The second kappa shape index (κ2) is 6.79. The van der Waals surface area contributed by atoms with Crippen LogP contribution >= 0.6 is 23.2 Å². The molecule has 26 heavy (non-hydrogen) atoms. The number of nitrogens with one attached hydrogen (secondary N) is 1. The highest BCUT2D eigenvalue weighted by molar-refractivity contribution is 6.36. The molecular formula is C22H17Cl2NO. The molecule has 1 atom stereocenters. The largest absolute Gasteiger partial charge is 0.324 e. The van der Waals surface area contributed by atoms with Crippen LogP contribution in [0.2, 0.25) is 10.0 Å². The Bertz CT molecular complexity index is 901. The molecule has 4 heteroatoms. The summed E-state index contributed by atoms with van der Waals surface area (Å²) in [5, 5.41) is 3.95. The monoisotopic (exact) mass is 381 g/mol. The maximum absolute atomic E-state index is 13.0. The number of rotatable bonds is 4. The molecule has 1 amide bonds. The highest BCUT2D eigenvalue weighted by atomic mass is 35.5. The molecule has 1 N–H and O–H groups in total. The van der Waals surface area contributed by atoms with Crippen LogP contribution in [0.15, 0.2) is 78.9 Å². The zero-order valence-electron chi connectivity index (χ0n) is 14.0. The molecule has 0 aromatic heterocycles. The lowest BCUT2D eigenvalue weighted by Crippen LogP contribution is -2.22. The van der Waals surface area contributed by atoms with E-state index in [9.17, 15) is 4.79 Å². The molecule has 3 aromatic rings. The summed E-state index contributed by atoms with van der Waals surface area (Å²) < 4.78 is 0. The van der Waals surface area contributed by atoms with Crippen LogP contribution in [0.25, 0.3) is 0 Å². The predicted octanol–water partition coefficient (Wildman–Crippen LogP) is 5.94. The van der Waals surface area contributed by atoms with Gasteiger partial charge < -0.3 is 5.32 Å². The summed E-state index contributed by atoms with van der Waals surface area (Å²) in [4.78, 5) is 13.0. The first-order valence-corrected chi connectivity index (χ1v) is 9.24. The molecule has 0 bridgehead atoms. The summed E-state index contributed by atoms with van der Waals surface area (Å²) >= 11 is 12.1. The van der Waals surface area contributed by atoms with E-state index in [0.717, 1.165) is 17.5 Å². The molecule has 1 fully saturated rings. The third-order valence-electron chi connectivity index (χ3n) is 5.04. The second-order valence-corrected chi connectivity index (χ2v) is 7.42. The van der Waals surface area contributed by atoms with E-state index in [-0.39, 0.29) is 17.2 Å². The highest BCUT2D eigenvalue weighted by Crippen LogP contribution is 2.59. The van der Waals surface area contributed by atoms with Crippen LogP contribution in [0.5, 0.6) is 0 Å². The Kier molecular flexibility index (Phi) is 4.47. The lowest BCUT2D eigenvalue weighted by Gasteiger charge is -2.19. The summed E-state index contributed by atoms with van der Waals surface area (Å²) in [7, 11) is 0. The number of hydrogen-bond acceptors (Lipinski definition) is 1. The van der Waals surface area contributed by atoms with E-state index in [0.29, 0.717) is 15.7 Å². The average Bonchev–Trinajstić information content (AvgIpc) is 3.43. The molecule has 1 aliphatic rings. The highest BCUT2D eigenvalue weighted by Gasteiger charge is 2.60. The van der Waals surface area contributed by atoms with Crippen molar-refractivity contribution in [3.63, 3.8) is 0 Å². The first kappa shape index (κ1) is 17.1. The predicted molar refractivity (Wildman–Crippen MR) is 107 cm³/mol. The molecule has 0 saturated heterocycles. The zero-order valence-corrected chi connectivity index (χ0v) is 15.5. The lowest BCUT2D eigenvalue weighted by atomic mass is 9.85. The Morgan fingerprint density at radius 1 is 0.885 bits per heavy atom. The van der Waals surface area contributed by atoms with E-state index in [1.807, 2.05) is 36.4 Å². The van der Waals surface area contributed by atoms with Gasteiger partial charge in [-0.3, -0.25) is 4.79 Å². The number of halogens is 2. The molecule has 0 unspecified atom stereocenters. The van der Waals surface area contributed by atoms with Crippen LogP contribution in [0.3, 0.4) is 0 Å². The van der Waals surface area contributed by atoms with E-state index in [1.54, 1.807) is 18.2 Å². The number of carbonyl (C=O) groups is 1. The van der Waals surface area contributed by atoms with Crippen molar-refractivity contribution in [2.45, 2.75) is 11.8 Å². The van der Waals surface area contributed by atoms with Crippen LogP contribution in [0.4, 0.5) is 5.69 Å². The van der Waals surface area contributed by atoms with Gasteiger partial charge in [-0.25, -0.2) is 0 Å². The minimum Gasteiger partial charge on any atom is -0.324 e. The Hall–Kier alpha value is -2.29. The van der Waals surface area contributed by atoms with E-state index in [1.165, 1.54) is 0 Å². The van der Waals surface area contributed by atoms with Crippen molar-refractivity contribution in [3.05, 3.63) is 100 Å². The van der Waals surface area contributed by atoms with Gasteiger partial charge in [-0.1, -0.05) is 83.9 Å². The molecule has 3 aromatic carbocycles. The SMILES string of the molecule is O=C(Nc1ccc(Cl)cc1Cl)[C@H]1CC1(c1ccccc1)c1ccccc1. The van der Waals surface area contributed by atoms with Gasteiger partial charge in [-0.15, -0.1) is 0 Å². The van der Waals surface area contributed by atoms with Gasteiger partial charge in [0.1, 0.15) is 0 Å². The van der Waals surface area contributed by atoms with Crippen molar-refractivity contribution in [2.24, 2.45) is 5.92 Å². The van der Waals surface area contributed by atoms with Gasteiger partial charge in [-0.2, -0.15) is 0 Å². The van der Waals surface area contributed by atoms with Crippen molar-refractivity contribution in [1.29, 1.82) is 0 Å². The number of benzene rings is 3. The maximum atomic E-state index is 13.0. The third kappa shape index (κ3) is 3.00. The normalized spacial score (nSPS) is 17.5. The summed E-state index contributed by atoms with van der Waals surface area (Å²) in [6.07, 6.45) is 0.776. The minimum atomic E-state index is -0.286. The Labute approximate surface area is 162 Å². The van der Waals surface area contributed by atoms with Crippen LogP contribution in [-0.4, -0.2) is 5.91 Å². The fourth-order valence-electron chi connectivity index (χ4n) is 3.67. The quantitative estimate of drug-likeness (QED) is 0.595. The number of carbonyl (C=O) groups excluding carboxylic acids is 1. The zero-order chi connectivity index (χ0) is 18.1. The van der Waals surface area contributed by atoms with Gasteiger partial charge in [0.2, 0.25) is 5.91 Å². The number of hydrogen-bond donors (Lipinski definition) is 1. The molecule has 0 radical (unpaired) electrons. The van der Waals surface area contributed by atoms with Gasteiger partial charge in [0, 0.05) is 10.4 Å². The Balaban J connectivity index is 1.65. The fourth-order valence-corrected chi connectivity index (χ4v) is 4.12. The standard InChI is InChI=1S/C22H17Cl2NO/c23-17-11-12-20(19(24)13-17)25-21(26)18-14-22(18,15-7-3-1-4-8-15)16-9-5-2-6-10-16/h1-13,18H,14H2,(H,25,26)/t18-/m1/s1. The lowest BCUT2D eigenvalue weighted by molar-refractivity contribution is -0.117. The smallest absolute Gasteiger partial charge is 0.228 e. The van der Waals surface area contributed by atoms with E-state index < -0.39 is 0 Å². The molecule has 130 valence electrons. The van der Waals surface area contributed by atoms with Gasteiger partial charge >= 0.3 is 0 Å². The molecular weight excluding hydrogens is 365 g/mol. The summed E-state index contributed by atoms with van der Waals surface area (Å²) in [6.45, 7) is 0. The number of amides is 1. The minimum absolute atomic E-state index is 0.0260. The summed E-state index contributed by atoms with van der Waals surface area (Å²) in [5.41, 5.74) is 2.62. The van der Waals surface area contributed by atoms with E-state index >= 15 is 0 Å². The molecule has 1 aliphatic carbocycles. The molecule has 4 rings (SSSR count). The average molecular weight is 382 g/mol. The van der Waals surface area contributed by atoms with E-state index in [4.69, 9.17) is 23.2 Å². The van der Waals surface area contributed by atoms with Gasteiger partial charge in [0.25, 0.3) is 0 Å². The van der Waals surface area contributed by atoms with Crippen molar-refractivity contribution in [3.8, 4) is 0 Å². The van der Waals surface area contributed by atoms with Crippen LogP contribution in [0, 0.1) is 5.92 Å². The van der Waals surface area contributed by atoms with Gasteiger partial charge in [-0.05, 0) is 35.7 Å². The van der Waals surface area contributed by atoms with E-state index in [2.05, 4.69) is 29.6 Å². The summed E-state index contributed by atoms with van der Waals surface area (Å²) in [5.74, 6) is -0.166. The Morgan fingerprint density at radius 3 is 2.00 bits per heavy atom. The fraction of sp³-hybridized carbons (Fsp3) is 0.136. The first-order valence-electron chi connectivity index (χ1n) is 8.48. The number of anilines is 1. The molecule has 0 aliphatic heterocycles. The van der Waals surface area contributed by atoms with Gasteiger partial charge in [0.15, 0.2) is 0 Å². The van der Waals surface area contributed by atoms with Crippen LogP contribution in [0.1, 0.15) is 17.5 Å².